The number of rotatable bonds is 21. The number of carbonyl (C=O) groups excluding carboxylic acids is 2. The van der Waals surface area contributed by atoms with E-state index in [-0.39, 0.29) is 12.2 Å². The average Bonchev–Trinajstić information content (AvgIpc) is 3.11. The number of hydrogen-bond acceptors (Lipinski definition) is 6. The van der Waals surface area contributed by atoms with Gasteiger partial charge in [-0.05, 0) is 97.5 Å². The van der Waals surface area contributed by atoms with E-state index in [1.165, 1.54) is 40.1 Å². The van der Waals surface area contributed by atoms with Crippen LogP contribution in [0, 0.1) is 13.8 Å². The van der Waals surface area contributed by atoms with Crippen molar-refractivity contribution in [2.45, 2.75) is 77.4 Å². The van der Waals surface area contributed by atoms with E-state index in [9.17, 15) is 19.5 Å². The van der Waals surface area contributed by atoms with E-state index in [1.807, 2.05) is 12.1 Å². The number of amides is 1. The second-order valence-electron chi connectivity index (χ2n) is 12.5. The summed E-state index contributed by atoms with van der Waals surface area (Å²) in [5.74, 6) is -2.05. The Bertz CT molecular complexity index is 1680. The molecular formula is C41H49NO7. The molecule has 0 fully saturated rings. The number of carboxylic acids is 1. The molecule has 8 heteroatoms. The average molecular weight is 668 g/mol. The van der Waals surface area contributed by atoms with Crippen molar-refractivity contribution in [2.24, 2.45) is 0 Å². The third-order valence-electron chi connectivity index (χ3n) is 8.81. The zero-order chi connectivity index (χ0) is 35.0. The number of ether oxygens (including phenoxy) is 3. The van der Waals surface area contributed by atoms with Gasteiger partial charge in [0.05, 0.1) is 12.7 Å². The molecule has 0 aromatic heterocycles. The summed E-state index contributed by atoms with van der Waals surface area (Å²) >= 11 is 0. The number of benzene rings is 4. The first-order valence-corrected chi connectivity index (χ1v) is 17.2. The van der Waals surface area contributed by atoms with Gasteiger partial charge in [0.2, 0.25) is 0 Å². The van der Waals surface area contributed by atoms with Crippen LogP contribution < -0.4 is 10.1 Å². The molecule has 0 saturated heterocycles. The quantitative estimate of drug-likeness (QED) is 0.0702. The van der Waals surface area contributed by atoms with Gasteiger partial charge in [-0.2, -0.15) is 0 Å². The lowest BCUT2D eigenvalue weighted by molar-refractivity contribution is -0.167. The van der Waals surface area contributed by atoms with E-state index in [0.29, 0.717) is 18.7 Å². The molecule has 49 heavy (non-hydrogen) atoms. The number of Topliss-reactive ketones (excluding diaryl/α,β-unsaturated/α-hetero) is 1. The molecule has 4 aromatic carbocycles. The number of aliphatic carboxylic acids is 1. The first-order valence-electron chi connectivity index (χ1n) is 17.2. The molecule has 8 nitrogen and oxygen atoms in total. The van der Waals surface area contributed by atoms with Crippen molar-refractivity contribution in [3.05, 3.63) is 113 Å². The molecule has 260 valence electrons. The van der Waals surface area contributed by atoms with E-state index in [1.54, 1.807) is 24.3 Å². The van der Waals surface area contributed by atoms with E-state index in [0.717, 1.165) is 44.9 Å². The summed E-state index contributed by atoms with van der Waals surface area (Å²) in [6, 6.07) is 27.9. The van der Waals surface area contributed by atoms with Gasteiger partial charge >= 0.3 is 5.97 Å². The van der Waals surface area contributed by atoms with Crippen LogP contribution >= 0.6 is 0 Å². The maximum atomic E-state index is 13.4. The van der Waals surface area contributed by atoms with E-state index < -0.39 is 36.5 Å². The summed E-state index contributed by atoms with van der Waals surface area (Å²) in [6.07, 6.45) is 3.81. The number of carboxylic acid groups (broad SMARTS) is 1. The molecule has 0 saturated carbocycles. The first kappa shape index (κ1) is 37.3. The SMILES string of the molecule is COc1ccccc1C(=O)COC(C(=O)O)C(OCCCCCc1ccc(C)c(C)c1)C(=O)NCCCCCc1ccc2ccccc2c1. The summed E-state index contributed by atoms with van der Waals surface area (Å²) in [6.45, 7) is 4.21. The lowest BCUT2D eigenvalue weighted by Crippen LogP contribution is -2.49. The van der Waals surface area contributed by atoms with Crippen LogP contribution in [0.4, 0.5) is 0 Å². The van der Waals surface area contributed by atoms with Gasteiger partial charge in [0.1, 0.15) is 12.4 Å². The third kappa shape index (κ3) is 11.5. The van der Waals surface area contributed by atoms with Gasteiger partial charge in [0.25, 0.3) is 5.91 Å². The summed E-state index contributed by atoms with van der Waals surface area (Å²) < 4.78 is 16.8. The molecule has 0 heterocycles. The Labute approximate surface area is 289 Å². The molecule has 2 unspecified atom stereocenters. The Morgan fingerprint density at radius 2 is 1.37 bits per heavy atom. The van der Waals surface area contributed by atoms with Gasteiger partial charge in [-0.15, -0.1) is 0 Å². The number of nitrogens with one attached hydrogen (secondary N) is 1. The molecule has 0 spiro atoms. The fourth-order valence-corrected chi connectivity index (χ4v) is 5.82. The summed E-state index contributed by atoms with van der Waals surface area (Å²) in [5, 5.41) is 15.4. The highest BCUT2D eigenvalue weighted by molar-refractivity contribution is 6.00. The Morgan fingerprint density at radius 1 is 0.694 bits per heavy atom. The third-order valence-corrected chi connectivity index (χ3v) is 8.81. The second kappa shape index (κ2) is 19.5. The zero-order valence-electron chi connectivity index (χ0n) is 28.9. The molecule has 0 aliphatic rings. The summed E-state index contributed by atoms with van der Waals surface area (Å²) in [4.78, 5) is 38.7. The molecular weight excluding hydrogens is 618 g/mol. The monoisotopic (exact) mass is 667 g/mol. The van der Waals surface area contributed by atoms with Crippen molar-refractivity contribution >= 4 is 28.4 Å². The lowest BCUT2D eigenvalue weighted by atomic mass is 10.0. The number of hydrogen-bond donors (Lipinski definition) is 2. The molecule has 2 N–H and O–H groups in total. The minimum Gasteiger partial charge on any atom is -0.496 e. The van der Waals surface area contributed by atoms with Crippen LogP contribution in [-0.2, 0) is 31.9 Å². The molecule has 1 amide bonds. The van der Waals surface area contributed by atoms with Gasteiger partial charge in [-0.3, -0.25) is 9.59 Å². The van der Waals surface area contributed by atoms with Crippen molar-refractivity contribution in [1.82, 2.24) is 5.32 Å². The van der Waals surface area contributed by atoms with E-state index in [2.05, 4.69) is 67.7 Å². The number of unbranched alkanes of at least 4 members (excludes halogenated alkanes) is 4. The molecule has 2 atom stereocenters. The van der Waals surface area contributed by atoms with Crippen molar-refractivity contribution in [3.63, 3.8) is 0 Å². The first-order chi connectivity index (χ1) is 23.8. The largest absolute Gasteiger partial charge is 0.496 e. The van der Waals surface area contributed by atoms with Gasteiger partial charge in [-0.1, -0.05) is 85.6 Å². The number of ketones is 1. The molecule has 4 aromatic rings. The van der Waals surface area contributed by atoms with Crippen LogP contribution in [0.5, 0.6) is 5.75 Å². The number of methoxy groups -OCH3 is 1. The number of carbonyl (C=O) groups is 3. The van der Waals surface area contributed by atoms with Crippen LogP contribution in [0.25, 0.3) is 10.8 Å². The Morgan fingerprint density at radius 3 is 2.10 bits per heavy atom. The van der Waals surface area contributed by atoms with Crippen LogP contribution in [0.2, 0.25) is 0 Å². The maximum absolute atomic E-state index is 13.4. The normalized spacial score (nSPS) is 12.4. The summed E-state index contributed by atoms with van der Waals surface area (Å²) in [7, 11) is 1.45. The Kier molecular flexibility index (Phi) is 14.8. The molecule has 4 rings (SSSR count). The van der Waals surface area contributed by atoms with Gasteiger partial charge in [0, 0.05) is 13.2 Å². The van der Waals surface area contributed by atoms with E-state index in [4.69, 9.17) is 14.2 Å². The van der Waals surface area contributed by atoms with Crippen LogP contribution in [0.15, 0.2) is 84.9 Å². The smallest absolute Gasteiger partial charge is 0.336 e. The van der Waals surface area contributed by atoms with Crippen molar-refractivity contribution in [3.8, 4) is 5.75 Å². The highest BCUT2D eigenvalue weighted by Crippen LogP contribution is 2.20. The Hall–Kier alpha value is -4.53. The standard InChI is InChI=1S/C41H49NO7/c1-29-20-21-31(26-30(29)2)14-7-5-13-25-48-38(39(41(45)46)49-28-36(43)35-18-10-11-19-37(35)47-3)40(44)42-24-12-4-6-15-32-22-23-33-16-8-9-17-34(33)27-32/h8-11,16-23,26-27,38-39H,4-7,12-15,24-25,28H2,1-3H3,(H,42,44)(H,45,46). The van der Waals surface area contributed by atoms with Crippen LogP contribution in [0.3, 0.4) is 0 Å². The van der Waals surface area contributed by atoms with E-state index >= 15 is 0 Å². The molecule has 0 radical (unpaired) electrons. The fourth-order valence-electron chi connectivity index (χ4n) is 5.82. The van der Waals surface area contributed by atoms with Gasteiger partial charge in [-0.25, -0.2) is 4.79 Å². The number of aryl methyl sites for hydroxylation is 4. The van der Waals surface area contributed by atoms with Crippen molar-refractivity contribution in [2.75, 3.05) is 26.9 Å². The molecule has 0 aliphatic carbocycles. The summed E-state index contributed by atoms with van der Waals surface area (Å²) in [5.41, 5.74) is 5.35. The second-order valence-corrected chi connectivity index (χ2v) is 12.5. The zero-order valence-corrected chi connectivity index (χ0v) is 28.9. The fraction of sp³-hybridized carbons (Fsp3) is 0.390. The minimum atomic E-state index is -1.66. The van der Waals surface area contributed by atoms with Crippen LogP contribution in [0.1, 0.15) is 71.1 Å². The minimum absolute atomic E-state index is 0.185. The van der Waals surface area contributed by atoms with Gasteiger partial charge in [0.15, 0.2) is 18.0 Å². The maximum Gasteiger partial charge on any atom is 0.336 e. The van der Waals surface area contributed by atoms with Crippen molar-refractivity contribution in [1.29, 1.82) is 0 Å². The lowest BCUT2D eigenvalue weighted by Gasteiger charge is -2.24. The number of fused-ring (bicyclic) bond motifs is 1. The highest BCUT2D eigenvalue weighted by atomic mass is 16.6. The highest BCUT2D eigenvalue weighted by Gasteiger charge is 2.36. The number of para-hydroxylation sites is 1. The van der Waals surface area contributed by atoms with Gasteiger partial charge < -0.3 is 24.6 Å². The van der Waals surface area contributed by atoms with Crippen molar-refractivity contribution < 1.29 is 33.7 Å². The topological polar surface area (TPSA) is 111 Å². The Balaban J connectivity index is 1.29. The predicted octanol–water partition coefficient (Wildman–Crippen LogP) is 7.45. The molecule has 0 bridgehead atoms. The molecule has 0 aliphatic heterocycles. The van der Waals surface area contributed by atoms with Crippen LogP contribution in [-0.4, -0.2) is 61.8 Å². The predicted molar refractivity (Wildman–Crippen MR) is 192 cm³/mol.